The third kappa shape index (κ3) is 5.91. The molecule has 0 aliphatic heterocycles. The lowest BCUT2D eigenvalue weighted by atomic mass is 10.2. The molecule has 4 nitrogen and oxygen atoms in total. The second kappa shape index (κ2) is 10.6. The number of methoxy groups -OCH3 is 1. The molecular formula is C20H19BrCl2NO3-. The maximum Gasteiger partial charge on any atom is 0.175 e. The van der Waals surface area contributed by atoms with Crippen LogP contribution in [-0.4, -0.2) is 7.11 Å². The van der Waals surface area contributed by atoms with Crippen LogP contribution in [0.3, 0.4) is 0 Å². The van der Waals surface area contributed by atoms with E-state index in [0.29, 0.717) is 36.2 Å². The summed E-state index contributed by atoms with van der Waals surface area (Å²) in [5.41, 5.74) is 2.00. The molecule has 144 valence electrons. The number of furan rings is 1. The first-order valence-corrected chi connectivity index (χ1v) is 9.30. The van der Waals surface area contributed by atoms with Crippen molar-refractivity contribution in [1.29, 1.82) is 0 Å². The largest absolute Gasteiger partial charge is 1.00 e. The van der Waals surface area contributed by atoms with Gasteiger partial charge in [0.25, 0.3) is 0 Å². The van der Waals surface area contributed by atoms with Crippen LogP contribution in [0.5, 0.6) is 11.5 Å². The fourth-order valence-electron chi connectivity index (χ4n) is 2.52. The molecule has 1 aromatic heterocycles. The summed E-state index contributed by atoms with van der Waals surface area (Å²) in [4.78, 5) is 0. The predicted molar refractivity (Wildman–Crippen MR) is 106 cm³/mol. The molecule has 0 bridgehead atoms. The molecule has 0 saturated carbocycles. The highest BCUT2D eigenvalue weighted by atomic mass is 79.9. The summed E-state index contributed by atoms with van der Waals surface area (Å²) in [5, 5.41) is 4.02. The fraction of sp³-hybridized carbons (Fsp3) is 0.200. The van der Waals surface area contributed by atoms with Crippen molar-refractivity contribution < 1.29 is 26.3 Å². The average molecular weight is 472 g/mol. The van der Waals surface area contributed by atoms with E-state index >= 15 is 0 Å². The van der Waals surface area contributed by atoms with Crippen molar-refractivity contribution >= 4 is 27.5 Å². The highest BCUT2D eigenvalue weighted by molar-refractivity contribution is 9.10. The molecule has 3 rings (SSSR count). The molecule has 0 amide bonds. The number of benzene rings is 2. The summed E-state index contributed by atoms with van der Waals surface area (Å²) in [6.07, 6.45) is 1.67. The van der Waals surface area contributed by atoms with Crippen LogP contribution in [0.1, 0.15) is 16.9 Å². The highest BCUT2D eigenvalue weighted by Gasteiger charge is 2.13. The smallest absolute Gasteiger partial charge is 0.175 e. The molecule has 0 fully saturated rings. The van der Waals surface area contributed by atoms with Crippen LogP contribution in [0, 0.1) is 0 Å². The summed E-state index contributed by atoms with van der Waals surface area (Å²) < 4.78 is 17.6. The van der Waals surface area contributed by atoms with Gasteiger partial charge in [0.05, 0.1) is 24.4 Å². The maximum atomic E-state index is 6.19. The lowest BCUT2D eigenvalue weighted by molar-refractivity contribution is -0.00000613. The Balaban J connectivity index is 0.00000261. The van der Waals surface area contributed by atoms with Crippen LogP contribution in [0.4, 0.5) is 0 Å². The zero-order valence-electron chi connectivity index (χ0n) is 14.7. The van der Waals surface area contributed by atoms with Crippen LogP contribution < -0.4 is 27.2 Å². The van der Waals surface area contributed by atoms with Gasteiger partial charge in [-0.15, -0.1) is 0 Å². The van der Waals surface area contributed by atoms with Crippen molar-refractivity contribution in [3.8, 4) is 11.5 Å². The number of hydrogen-bond acceptors (Lipinski definition) is 4. The van der Waals surface area contributed by atoms with Crippen LogP contribution in [0.25, 0.3) is 0 Å². The minimum atomic E-state index is 0. The number of ether oxygens (including phenoxy) is 2. The van der Waals surface area contributed by atoms with Gasteiger partial charge < -0.3 is 31.6 Å². The summed E-state index contributed by atoms with van der Waals surface area (Å²) in [6, 6.07) is 15.4. The summed E-state index contributed by atoms with van der Waals surface area (Å²) >= 11 is 9.77. The van der Waals surface area contributed by atoms with Crippen molar-refractivity contribution in [2.45, 2.75) is 19.7 Å². The molecule has 0 aliphatic rings. The second-order valence-corrected chi connectivity index (χ2v) is 6.93. The lowest BCUT2D eigenvalue weighted by Crippen LogP contribution is -3.00. The Hall–Kier alpha value is -1.66. The van der Waals surface area contributed by atoms with E-state index in [1.165, 1.54) is 0 Å². The van der Waals surface area contributed by atoms with Crippen molar-refractivity contribution in [3.05, 3.63) is 81.2 Å². The monoisotopic (exact) mass is 470 g/mol. The maximum absolute atomic E-state index is 6.19. The molecule has 2 aromatic carbocycles. The van der Waals surface area contributed by atoms with Crippen molar-refractivity contribution in [1.82, 2.24) is 5.32 Å². The van der Waals surface area contributed by atoms with Gasteiger partial charge in [0, 0.05) is 17.1 Å². The molecule has 1 N–H and O–H groups in total. The molecule has 0 unspecified atom stereocenters. The first kappa shape index (κ1) is 21.6. The van der Waals surface area contributed by atoms with Crippen LogP contribution >= 0.6 is 27.5 Å². The van der Waals surface area contributed by atoms with Gasteiger partial charge in [-0.2, -0.15) is 0 Å². The average Bonchev–Trinajstić information content (AvgIpc) is 3.15. The van der Waals surface area contributed by atoms with E-state index in [9.17, 15) is 0 Å². The molecule has 0 atom stereocenters. The van der Waals surface area contributed by atoms with Crippen LogP contribution in [0.15, 0.2) is 63.7 Å². The van der Waals surface area contributed by atoms with Gasteiger partial charge in [-0.3, -0.25) is 0 Å². The summed E-state index contributed by atoms with van der Waals surface area (Å²) in [6.45, 7) is 1.71. The van der Waals surface area contributed by atoms with E-state index in [2.05, 4.69) is 21.2 Å². The van der Waals surface area contributed by atoms with Gasteiger partial charge >= 0.3 is 0 Å². The number of nitrogens with one attached hydrogen (secondary N) is 1. The zero-order chi connectivity index (χ0) is 18.4. The van der Waals surface area contributed by atoms with Gasteiger partial charge in [-0.1, -0.05) is 29.8 Å². The fourth-order valence-corrected chi connectivity index (χ4v) is 3.32. The number of hydrogen-bond donors (Lipinski definition) is 1. The third-order valence-electron chi connectivity index (χ3n) is 3.83. The molecule has 1 heterocycles. The van der Waals surface area contributed by atoms with E-state index in [4.69, 9.17) is 25.5 Å². The second-order valence-electron chi connectivity index (χ2n) is 5.67. The van der Waals surface area contributed by atoms with E-state index < -0.39 is 0 Å². The molecule has 7 heteroatoms. The summed E-state index contributed by atoms with van der Waals surface area (Å²) in [7, 11) is 1.63. The minimum absolute atomic E-state index is 0. The van der Waals surface area contributed by atoms with Crippen LogP contribution in [0.2, 0.25) is 5.02 Å². The van der Waals surface area contributed by atoms with Crippen molar-refractivity contribution in [2.75, 3.05) is 7.11 Å². The third-order valence-corrected chi connectivity index (χ3v) is 4.79. The van der Waals surface area contributed by atoms with Crippen molar-refractivity contribution in [2.24, 2.45) is 0 Å². The van der Waals surface area contributed by atoms with E-state index in [1.807, 2.05) is 48.5 Å². The summed E-state index contributed by atoms with van der Waals surface area (Å²) in [5.74, 6) is 2.22. The number of halogens is 3. The molecule has 0 aliphatic carbocycles. The Bertz CT molecular complexity index is 856. The predicted octanol–water partition coefficient (Wildman–Crippen LogP) is 2.58. The topological polar surface area (TPSA) is 43.6 Å². The lowest BCUT2D eigenvalue weighted by Gasteiger charge is -2.15. The number of rotatable bonds is 8. The van der Waals surface area contributed by atoms with Gasteiger partial charge in [-0.05, 0) is 51.8 Å². The highest BCUT2D eigenvalue weighted by Crippen LogP contribution is 2.37. The van der Waals surface area contributed by atoms with Gasteiger partial charge in [0.15, 0.2) is 11.5 Å². The van der Waals surface area contributed by atoms with E-state index in [1.54, 1.807) is 13.4 Å². The zero-order valence-corrected chi connectivity index (χ0v) is 17.8. The first-order valence-electron chi connectivity index (χ1n) is 8.13. The quantitative estimate of drug-likeness (QED) is 0.548. The molecule has 0 radical (unpaired) electrons. The Morgan fingerprint density at radius 1 is 1.11 bits per heavy atom. The molecule has 3 aromatic rings. The first-order chi connectivity index (χ1) is 12.7. The van der Waals surface area contributed by atoms with E-state index in [-0.39, 0.29) is 12.4 Å². The normalized spacial score (nSPS) is 10.3. The van der Waals surface area contributed by atoms with Crippen LogP contribution in [-0.2, 0) is 19.7 Å². The minimum Gasteiger partial charge on any atom is -1.00 e. The van der Waals surface area contributed by atoms with Gasteiger partial charge in [-0.25, -0.2) is 0 Å². The molecule has 0 spiro atoms. The SMILES string of the molecule is COc1cc(CNCc2ccco2)cc(Br)c1OCc1ccccc1Cl.[Cl-]. The molecule has 0 saturated heterocycles. The Morgan fingerprint density at radius 2 is 1.93 bits per heavy atom. The van der Waals surface area contributed by atoms with Gasteiger partial charge in [0.2, 0.25) is 0 Å². The molecule has 27 heavy (non-hydrogen) atoms. The Kier molecular flexibility index (Phi) is 8.51. The molecular weight excluding hydrogens is 453 g/mol. The standard InChI is InChI=1S/C20H19BrClNO3.ClH/c1-24-19-10-14(11-23-12-16-6-4-8-25-16)9-17(21)20(19)26-13-15-5-2-3-7-18(15)22;/h2-10,23H,11-13H2,1H3;1H/p-1. The Labute approximate surface area is 178 Å². The Morgan fingerprint density at radius 3 is 2.63 bits per heavy atom. The van der Waals surface area contributed by atoms with Crippen molar-refractivity contribution in [3.63, 3.8) is 0 Å². The van der Waals surface area contributed by atoms with Gasteiger partial charge in [0.1, 0.15) is 12.4 Å². The van der Waals surface area contributed by atoms with E-state index in [0.717, 1.165) is 21.4 Å².